The molecule has 0 fully saturated rings. The molecule has 26 nitrogen and oxygen atoms in total. The second-order valence-corrected chi connectivity index (χ2v) is 20.9. The Balaban J connectivity index is -0.00000120. The van der Waals surface area contributed by atoms with Gasteiger partial charge in [-0.1, -0.05) is 60.8 Å². The number of unbranched alkanes of at least 4 members (excludes halogenated alkanes) is 8. The summed E-state index contributed by atoms with van der Waals surface area (Å²) in [5.74, 6) is -0.569. The first-order valence-electron chi connectivity index (χ1n) is 31.8. The number of carbonyl (C=O) groups excluding carboxylic acids is 8. The standard InChI is InChI=1S/C42H68N10O9S4.C18H36N2O5.CH4.HI/c53-37(13-5-1-9-17-43-33-62)47-21-25-51(26-22-48-38(54)14-6-2-10-18-44-34-63)41(57)60-31-29-59-30-32-61-42(58)52(27-23-49-39(55)15-7-3-11-19-45-35-64)28-24-50-40(56)16-8-4-12-20-46-36-65;1-5-9-19(10-6-2)17(21)24-15-13-23-14-16-25-18(22)20(11-7-3)12-8-4;;/h1-32H2,(H,47,53)(H,48,54)(H,49,55)(H,50,56);5-16H2,1-4H3;1H4;1H. The van der Waals surface area contributed by atoms with Gasteiger partial charge in [0.2, 0.25) is 23.6 Å². The Morgan fingerprint density at radius 1 is 0.326 bits per heavy atom. The first kappa shape index (κ1) is 93.2. The maximum Gasteiger partial charge on any atom is 0.409 e. The topological polar surface area (TPSA) is 302 Å². The Bertz CT molecular complexity index is 1910. The van der Waals surface area contributed by atoms with Crippen LogP contribution in [0, 0.1) is 0 Å². The second kappa shape index (κ2) is 71.7. The van der Waals surface area contributed by atoms with Gasteiger partial charge in [-0.3, -0.25) is 19.2 Å². The van der Waals surface area contributed by atoms with E-state index < -0.39 is 12.2 Å². The van der Waals surface area contributed by atoms with Crippen molar-refractivity contribution in [2.24, 2.45) is 20.0 Å². The fraction of sp³-hybridized carbons (Fsp3) is 0.803. The first-order valence-corrected chi connectivity index (χ1v) is 33.4. The highest BCUT2D eigenvalue weighted by Gasteiger charge is 2.19. The number of thiocarbonyl (C=S) groups is 4. The van der Waals surface area contributed by atoms with Crippen LogP contribution in [0.4, 0.5) is 19.2 Å². The van der Waals surface area contributed by atoms with Crippen LogP contribution in [0.2, 0.25) is 0 Å². The van der Waals surface area contributed by atoms with E-state index >= 15 is 0 Å². The SMILES string of the molecule is C.CCCN(CCC)C(=O)OCCOCCOC(=O)N(CCC)CCC.I.O=C(CCCCCN=C=S)NCCN(CCNC(=O)CCCCCN=C=S)C(=O)OCCOCCOC(=O)N(CCNC(=O)CCCCCN=C=S)CCNC(=O)CCCCCN=C=S. The molecule has 0 aromatic rings. The van der Waals surface area contributed by atoms with Gasteiger partial charge in [-0.15, -0.1) is 24.0 Å². The van der Waals surface area contributed by atoms with E-state index in [-0.39, 0.29) is 159 Å². The van der Waals surface area contributed by atoms with Crippen LogP contribution in [0.3, 0.4) is 0 Å². The smallest absolute Gasteiger partial charge is 0.409 e. The number of hydrogen-bond donors (Lipinski definition) is 4. The predicted molar refractivity (Wildman–Crippen MR) is 382 cm³/mol. The van der Waals surface area contributed by atoms with Gasteiger partial charge in [0.1, 0.15) is 26.4 Å². The zero-order valence-electron chi connectivity index (χ0n) is 54.4. The van der Waals surface area contributed by atoms with Gasteiger partial charge in [-0.25, -0.2) is 39.1 Å². The lowest BCUT2D eigenvalue weighted by molar-refractivity contribution is -0.122. The molecule has 0 aromatic heterocycles. The van der Waals surface area contributed by atoms with Crippen molar-refractivity contribution in [2.75, 3.05) is 158 Å². The normalized spacial score (nSPS) is 9.96. The Morgan fingerprint density at radius 3 is 0.728 bits per heavy atom. The van der Waals surface area contributed by atoms with E-state index in [1.54, 1.807) is 9.80 Å². The summed E-state index contributed by atoms with van der Waals surface area (Å²) in [6.07, 6.45) is 12.4. The van der Waals surface area contributed by atoms with Crippen molar-refractivity contribution >= 4 is 141 Å². The molecular weight excluding hydrogens is 1380 g/mol. The lowest BCUT2D eigenvalue weighted by Crippen LogP contribution is -2.43. The molecule has 0 unspecified atom stereocenters. The molecule has 0 rings (SSSR count). The quantitative estimate of drug-likeness (QED) is 0.0145. The number of hydrogen-bond acceptors (Lipinski definition) is 22. The molecule has 8 amide bonds. The van der Waals surface area contributed by atoms with E-state index in [9.17, 15) is 38.4 Å². The minimum absolute atomic E-state index is 0. The molecule has 0 saturated carbocycles. The summed E-state index contributed by atoms with van der Waals surface area (Å²) < 4.78 is 32.1. The van der Waals surface area contributed by atoms with Crippen molar-refractivity contribution in [3.63, 3.8) is 0 Å². The zero-order chi connectivity index (χ0) is 66.8. The maximum absolute atomic E-state index is 13.0. The van der Waals surface area contributed by atoms with Crippen molar-refractivity contribution in [1.29, 1.82) is 0 Å². The van der Waals surface area contributed by atoms with E-state index in [4.69, 9.17) is 28.4 Å². The largest absolute Gasteiger partial charge is 0.447 e. The van der Waals surface area contributed by atoms with Crippen molar-refractivity contribution in [3.8, 4) is 0 Å². The molecule has 4 N–H and O–H groups in total. The van der Waals surface area contributed by atoms with Crippen LogP contribution in [-0.4, -0.2) is 246 Å². The lowest BCUT2D eigenvalue weighted by Gasteiger charge is -2.23. The zero-order valence-corrected chi connectivity index (χ0v) is 60.0. The molecule has 0 aliphatic carbocycles. The Labute approximate surface area is 586 Å². The highest BCUT2D eigenvalue weighted by atomic mass is 127. The number of halogens is 1. The van der Waals surface area contributed by atoms with Gasteiger partial charge in [0, 0.05) is 130 Å². The number of nitrogens with zero attached hydrogens (tertiary/aromatic N) is 8. The Hall–Kier alpha value is -5.19. The summed E-state index contributed by atoms with van der Waals surface area (Å²) in [5, 5.41) is 20.6. The number of rotatable bonds is 56. The summed E-state index contributed by atoms with van der Waals surface area (Å²) in [6.45, 7) is 15.4. The number of aliphatic imine (C=N–C) groups is 4. The van der Waals surface area contributed by atoms with Crippen LogP contribution < -0.4 is 21.3 Å². The van der Waals surface area contributed by atoms with Crippen molar-refractivity contribution in [2.45, 2.75) is 164 Å². The van der Waals surface area contributed by atoms with E-state index in [1.165, 1.54) is 9.80 Å². The maximum atomic E-state index is 13.0. The van der Waals surface area contributed by atoms with E-state index in [1.807, 2.05) is 27.7 Å². The summed E-state index contributed by atoms with van der Waals surface area (Å²) in [7, 11) is 0. The summed E-state index contributed by atoms with van der Waals surface area (Å²) in [5.41, 5.74) is 0. The molecule has 0 heterocycles. The van der Waals surface area contributed by atoms with Crippen LogP contribution in [0.15, 0.2) is 20.0 Å². The molecule has 92 heavy (non-hydrogen) atoms. The summed E-state index contributed by atoms with van der Waals surface area (Å²) in [6, 6.07) is 0. The highest BCUT2D eigenvalue weighted by Crippen LogP contribution is 2.06. The third-order valence-corrected chi connectivity index (χ3v) is 13.1. The van der Waals surface area contributed by atoms with Crippen LogP contribution in [0.1, 0.15) is 164 Å². The fourth-order valence-electron chi connectivity index (χ4n) is 8.05. The van der Waals surface area contributed by atoms with Gasteiger partial charge < -0.3 is 69.3 Å². The average molecular weight is 1490 g/mol. The molecule has 0 spiro atoms. The highest BCUT2D eigenvalue weighted by molar-refractivity contribution is 14.0. The molecule has 0 saturated heterocycles. The van der Waals surface area contributed by atoms with Crippen LogP contribution in [0.25, 0.3) is 0 Å². The molecule has 0 aliphatic rings. The van der Waals surface area contributed by atoms with Gasteiger partial charge in [0.05, 0.1) is 47.1 Å². The molecular formula is C61H109IN12O14S4. The summed E-state index contributed by atoms with van der Waals surface area (Å²) in [4.78, 5) is 121. The monoisotopic (exact) mass is 1490 g/mol. The van der Waals surface area contributed by atoms with Crippen molar-refractivity contribution in [1.82, 2.24) is 40.9 Å². The van der Waals surface area contributed by atoms with Gasteiger partial charge >= 0.3 is 24.4 Å². The van der Waals surface area contributed by atoms with Gasteiger partial charge in [0.25, 0.3) is 0 Å². The molecule has 528 valence electrons. The van der Waals surface area contributed by atoms with Crippen LogP contribution in [0.5, 0.6) is 0 Å². The molecule has 0 radical (unpaired) electrons. The van der Waals surface area contributed by atoms with Gasteiger partial charge in [0.15, 0.2) is 0 Å². The lowest BCUT2D eigenvalue weighted by atomic mass is 10.2. The van der Waals surface area contributed by atoms with Gasteiger partial charge in [-0.2, -0.15) is 0 Å². The number of amides is 8. The molecule has 0 aliphatic heterocycles. The van der Waals surface area contributed by atoms with Crippen LogP contribution in [-0.2, 0) is 47.6 Å². The first-order chi connectivity index (χ1) is 43.8. The number of isothiocyanates is 4. The van der Waals surface area contributed by atoms with E-state index in [2.05, 4.69) is 111 Å². The van der Waals surface area contributed by atoms with Crippen molar-refractivity contribution < 1.29 is 66.8 Å². The number of nitrogens with one attached hydrogen (secondary N) is 4. The van der Waals surface area contributed by atoms with Crippen LogP contribution >= 0.6 is 72.8 Å². The molecule has 31 heteroatoms. The van der Waals surface area contributed by atoms with E-state index in [0.29, 0.717) is 117 Å². The van der Waals surface area contributed by atoms with E-state index in [0.717, 1.165) is 77.0 Å². The summed E-state index contributed by atoms with van der Waals surface area (Å²) >= 11 is 18.2. The van der Waals surface area contributed by atoms with Gasteiger partial charge in [-0.05, 0) is 126 Å². The predicted octanol–water partition coefficient (Wildman–Crippen LogP) is 9.77. The molecule has 0 atom stereocenters. The number of ether oxygens (including phenoxy) is 6. The third-order valence-electron chi connectivity index (χ3n) is 12.6. The fourth-order valence-corrected chi connectivity index (χ4v) is 8.41. The Morgan fingerprint density at radius 2 is 0.533 bits per heavy atom. The second-order valence-electron chi connectivity index (χ2n) is 20.2. The molecule has 0 aromatic carbocycles. The average Bonchev–Trinajstić information content (AvgIpc) is 3.01. The number of carbonyl (C=O) groups is 8. The Kier molecular flexibility index (Phi) is 72.6. The minimum Gasteiger partial charge on any atom is -0.447 e. The minimum atomic E-state index is -0.648. The van der Waals surface area contributed by atoms with Crippen molar-refractivity contribution in [3.05, 3.63) is 0 Å². The third kappa shape index (κ3) is 61.0. The molecule has 0 bridgehead atoms.